The molecule has 1 saturated heterocycles. The SMILES string of the molecule is CNc1ncnc(N(C)C2CCOCC2)c1[N+](=O)[O-]. The summed E-state index contributed by atoms with van der Waals surface area (Å²) in [4.78, 5) is 20.6. The van der Waals surface area contributed by atoms with Crippen molar-refractivity contribution in [3.63, 3.8) is 0 Å². The number of nitro groups is 1. The summed E-state index contributed by atoms with van der Waals surface area (Å²) in [6, 6.07) is 0.201. The van der Waals surface area contributed by atoms with Gasteiger partial charge in [-0.05, 0) is 12.8 Å². The molecule has 0 aliphatic carbocycles. The van der Waals surface area contributed by atoms with Gasteiger partial charge in [0.15, 0.2) is 0 Å². The van der Waals surface area contributed by atoms with E-state index in [1.54, 1.807) is 7.05 Å². The minimum Gasteiger partial charge on any atom is -0.381 e. The number of rotatable bonds is 4. The maximum absolute atomic E-state index is 11.2. The number of nitrogens with zero attached hydrogens (tertiary/aromatic N) is 4. The molecule has 0 aromatic carbocycles. The van der Waals surface area contributed by atoms with E-state index in [-0.39, 0.29) is 17.5 Å². The minimum atomic E-state index is -0.447. The second kappa shape index (κ2) is 5.79. The third kappa shape index (κ3) is 2.73. The van der Waals surface area contributed by atoms with E-state index in [0.717, 1.165) is 12.8 Å². The van der Waals surface area contributed by atoms with Crippen LogP contribution < -0.4 is 10.2 Å². The number of hydrogen-bond donors (Lipinski definition) is 1. The number of ether oxygens (including phenoxy) is 1. The Labute approximate surface area is 110 Å². The van der Waals surface area contributed by atoms with E-state index in [2.05, 4.69) is 15.3 Å². The lowest BCUT2D eigenvalue weighted by Gasteiger charge is -2.31. The van der Waals surface area contributed by atoms with Gasteiger partial charge in [-0.3, -0.25) is 10.1 Å². The highest BCUT2D eigenvalue weighted by Gasteiger charge is 2.29. The van der Waals surface area contributed by atoms with Gasteiger partial charge in [0.1, 0.15) is 6.33 Å². The molecule has 0 radical (unpaired) electrons. The fourth-order valence-electron chi connectivity index (χ4n) is 2.22. The average molecular weight is 267 g/mol. The van der Waals surface area contributed by atoms with Crippen LogP contribution in [0.4, 0.5) is 17.3 Å². The number of nitrogens with one attached hydrogen (secondary N) is 1. The van der Waals surface area contributed by atoms with Crippen LogP contribution in [0.25, 0.3) is 0 Å². The van der Waals surface area contributed by atoms with E-state index >= 15 is 0 Å². The second-order valence-corrected chi connectivity index (χ2v) is 4.36. The Morgan fingerprint density at radius 2 is 2.16 bits per heavy atom. The summed E-state index contributed by atoms with van der Waals surface area (Å²) < 4.78 is 5.30. The van der Waals surface area contributed by atoms with Gasteiger partial charge in [0, 0.05) is 33.4 Å². The third-order valence-corrected chi connectivity index (χ3v) is 3.29. The van der Waals surface area contributed by atoms with Gasteiger partial charge in [-0.1, -0.05) is 0 Å². The van der Waals surface area contributed by atoms with Crippen molar-refractivity contribution in [1.29, 1.82) is 0 Å². The van der Waals surface area contributed by atoms with E-state index in [1.165, 1.54) is 6.33 Å². The molecular formula is C11H17N5O3. The van der Waals surface area contributed by atoms with Crippen LogP contribution in [-0.4, -0.2) is 48.2 Å². The maximum Gasteiger partial charge on any atom is 0.353 e. The molecule has 8 heteroatoms. The van der Waals surface area contributed by atoms with Crippen molar-refractivity contribution in [3.8, 4) is 0 Å². The highest BCUT2D eigenvalue weighted by atomic mass is 16.6. The van der Waals surface area contributed by atoms with Crippen molar-refractivity contribution in [3.05, 3.63) is 16.4 Å². The molecule has 0 unspecified atom stereocenters. The Balaban J connectivity index is 2.34. The second-order valence-electron chi connectivity index (χ2n) is 4.36. The van der Waals surface area contributed by atoms with Crippen molar-refractivity contribution in [2.75, 3.05) is 37.5 Å². The topological polar surface area (TPSA) is 93.4 Å². The zero-order valence-electron chi connectivity index (χ0n) is 11.0. The number of anilines is 2. The van der Waals surface area contributed by atoms with Crippen molar-refractivity contribution in [2.24, 2.45) is 0 Å². The molecule has 1 aliphatic rings. The fraction of sp³-hybridized carbons (Fsp3) is 0.636. The highest BCUT2D eigenvalue weighted by Crippen LogP contribution is 2.32. The summed E-state index contributed by atoms with van der Waals surface area (Å²) in [5.74, 6) is 0.574. The maximum atomic E-state index is 11.2. The summed E-state index contributed by atoms with van der Waals surface area (Å²) >= 11 is 0. The first kappa shape index (κ1) is 13.5. The summed E-state index contributed by atoms with van der Waals surface area (Å²) in [7, 11) is 3.43. The van der Waals surface area contributed by atoms with Gasteiger partial charge in [-0.25, -0.2) is 9.97 Å². The predicted molar refractivity (Wildman–Crippen MR) is 70.5 cm³/mol. The number of hydrogen-bond acceptors (Lipinski definition) is 7. The Bertz CT molecular complexity index is 462. The van der Waals surface area contributed by atoms with E-state index in [4.69, 9.17) is 4.74 Å². The molecule has 0 spiro atoms. The Morgan fingerprint density at radius 3 is 2.74 bits per heavy atom. The zero-order chi connectivity index (χ0) is 13.8. The van der Waals surface area contributed by atoms with Crippen LogP contribution in [0.15, 0.2) is 6.33 Å². The van der Waals surface area contributed by atoms with Crippen LogP contribution in [-0.2, 0) is 4.74 Å². The van der Waals surface area contributed by atoms with Gasteiger partial charge in [-0.2, -0.15) is 0 Å². The van der Waals surface area contributed by atoms with Crippen LogP contribution in [0.2, 0.25) is 0 Å². The van der Waals surface area contributed by atoms with E-state index in [9.17, 15) is 10.1 Å². The van der Waals surface area contributed by atoms with Gasteiger partial charge < -0.3 is 15.0 Å². The molecule has 1 N–H and O–H groups in total. The molecule has 104 valence electrons. The fourth-order valence-corrected chi connectivity index (χ4v) is 2.22. The minimum absolute atomic E-state index is 0.0843. The Kier molecular flexibility index (Phi) is 4.10. The standard InChI is InChI=1S/C11H17N5O3/c1-12-10-9(16(17)18)11(14-7-13-10)15(2)8-3-5-19-6-4-8/h7-8H,3-6H2,1-2H3,(H,12,13,14). The van der Waals surface area contributed by atoms with Crippen molar-refractivity contribution < 1.29 is 9.66 Å². The Hall–Kier alpha value is -1.96. The van der Waals surface area contributed by atoms with Crippen LogP contribution in [0.1, 0.15) is 12.8 Å². The molecule has 0 bridgehead atoms. The van der Waals surface area contributed by atoms with Crippen molar-refractivity contribution in [1.82, 2.24) is 9.97 Å². The van der Waals surface area contributed by atoms with Crippen LogP contribution in [0.5, 0.6) is 0 Å². The summed E-state index contributed by atoms with van der Waals surface area (Å²) in [6.45, 7) is 1.35. The smallest absolute Gasteiger partial charge is 0.353 e. The van der Waals surface area contributed by atoms with E-state index < -0.39 is 4.92 Å². The lowest BCUT2D eigenvalue weighted by atomic mass is 10.1. The highest BCUT2D eigenvalue weighted by molar-refractivity contribution is 5.70. The molecule has 2 rings (SSSR count). The molecule has 1 aliphatic heterocycles. The van der Waals surface area contributed by atoms with Gasteiger partial charge in [0.25, 0.3) is 0 Å². The molecule has 2 heterocycles. The van der Waals surface area contributed by atoms with Crippen LogP contribution in [0, 0.1) is 10.1 Å². The summed E-state index contributed by atoms with van der Waals surface area (Å²) in [5.41, 5.74) is -0.0843. The third-order valence-electron chi connectivity index (χ3n) is 3.29. The monoisotopic (exact) mass is 267 g/mol. The van der Waals surface area contributed by atoms with Crippen molar-refractivity contribution >= 4 is 17.3 Å². The molecule has 0 saturated carbocycles. The van der Waals surface area contributed by atoms with Gasteiger partial charge in [0.05, 0.1) is 4.92 Å². The first-order valence-electron chi connectivity index (χ1n) is 6.13. The van der Waals surface area contributed by atoms with E-state index in [1.807, 2.05) is 11.9 Å². The van der Waals surface area contributed by atoms with E-state index in [0.29, 0.717) is 19.0 Å². The first-order valence-corrected chi connectivity index (χ1v) is 6.13. The van der Waals surface area contributed by atoms with Crippen molar-refractivity contribution in [2.45, 2.75) is 18.9 Å². The summed E-state index contributed by atoms with van der Waals surface area (Å²) in [5, 5.41) is 14.0. The molecule has 1 fully saturated rings. The quantitative estimate of drug-likeness (QED) is 0.643. The molecule has 0 atom stereocenters. The molecule has 19 heavy (non-hydrogen) atoms. The van der Waals surface area contributed by atoms with Crippen LogP contribution in [0.3, 0.4) is 0 Å². The van der Waals surface area contributed by atoms with Crippen LogP contribution >= 0.6 is 0 Å². The lowest BCUT2D eigenvalue weighted by Crippen LogP contribution is -2.37. The largest absolute Gasteiger partial charge is 0.381 e. The molecule has 0 amide bonds. The molecule has 1 aromatic rings. The molecular weight excluding hydrogens is 250 g/mol. The number of aromatic nitrogens is 2. The predicted octanol–water partition coefficient (Wildman–Crippen LogP) is 1.04. The zero-order valence-corrected chi connectivity index (χ0v) is 11.0. The first-order chi connectivity index (χ1) is 9.15. The average Bonchev–Trinajstić information content (AvgIpc) is 2.46. The Morgan fingerprint density at radius 1 is 1.47 bits per heavy atom. The lowest BCUT2D eigenvalue weighted by molar-refractivity contribution is -0.383. The van der Waals surface area contributed by atoms with Gasteiger partial charge in [0.2, 0.25) is 11.6 Å². The van der Waals surface area contributed by atoms with Gasteiger partial charge in [-0.15, -0.1) is 0 Å². The molecule has 8 nitrogen and oxygen atoms in total. The molecule has 1 aromatic heterocycles. The van der Waals surface area contributed by atoms with Gasteiger partial charge >= 0.3 is 5.69 Å². The summed E-state index contributed by atoms with van der Waals surface area (Å²) in [6.07, 6.45) is 3.02. The normalized spacial score (nSPS) is 16.1.